The van der Waals surface area contributed by atoms with Crippen molar-refractivity contribution in [1.82, 2.24) is 14.9 Å². The van der Waals surface area contributed by atoms with Crippen molar-refractivity contribution in [1.29, 1.82) is 0 Å². The molecule has 1 aromatic rings. The molecule has 1 heterocycles. The smallest absolute Gasteiger partial charge is 0.226 e. The van der Waals surface area contributed by atoms with Crippen LogP contribution in [0.3, 0.4) is 0 Å². The summed E-state index contributed by atoms with van der Waals surface area (Å²) in [5, 5.41) is 3.69. The first kappa shape index (κ1) is 15.4. The maximum atomic E-state index is 11.9. The summed E-state index contributed by atoms with van der Waals surface area (Å²) >= 11 is 0. The fourth-order valence-corrected chi connectivity index (χ4v) is 4.25. The summed E-state index contributed by atoms with van der Waals surface area (Å²) in [5.41, 5.74) is 0. The van der Waals surface area contributed by atoms with Gasteiger partial charge in [0, 0.05) is 13.0 Å². The molecule has 1 saturated carbocycles. The lowest BCUT2D eigenvalue weighted by atomic mass is 10.1. The Morgan fingerprint density at radius 2 is 2.20 bits per heavy atom. The van der Waals surface area contributed by atoms with E-state index < -0.39 is 10.0 Å². The summed E-state index contributed by atoms with van der Waals surface area (Å²) in [6.45, 7) is 4.37. The Hall–Kier alpha value is -0.950. The van der Waals surface area contributed by atoms with Crippen molar-refractivity contribution in [3.63, 3.8) is 0 Å². The Morgan fingerprint density at radius 1 is 1.40 bits per heavy atom. The Kier molecular flexibility index (Phi) is 5.15. The number of aromatic nitrogens is 2. The standard InChI is InChI=1S/C13H23N3O3S/c1-10-5-6-12(8-10)9-20(17,18)14-7-3-4-13-15-11(2)16-19-13/h10,12,14H,3-9H2,1-2H3. The van der Waals surface area contributed by atoms with Crippen LogP contribution in [0.5, 0.6) is 0 Å². The van der Waals surface area contributed by atoms with Crippen molar-refractivity contribution in [3.05, 3.63) is 11.7 Å². The molecule has 0 bridgehead atoms. The van der Waals surface area contributed by atoms with Gasteiger partial charge < -0.3 is 4.52 Å². The highest BCUT2D eigenvalue weighted by molar-refractivity contribution is 7.89. The van der Waals surface area contributed by atoms with Gasteiger partial charge in [0.2, 0.25) is 15.9 Å². The predicted octanol–water partition coefficient (Wildman–Crippen LogP) is 1.67. The summed E-state index contributed by atoms with van der Waals surface area (Å²) in [6.07, 6.45) is 4.48. The molecule has 6 nitrogen and oxygen atoms in total. The topological polar surface area (TPSA) is 85.1 Å². The van der Waals surface area contributed by atoms with Crippen LogP contribution in [0.4, 0.5) is 0 Å². The molecule has 20 heavy (non-hydrogen) atoms. The van der Waals surface area contributed by atoms with Crippen molar-refractivity contribution < 1.29 is 12.9 Å². The number of hydrogen-bond acceptors (Lipinski definition) is 5. The van der Waals surface area contributed by atoms with Crippen LogP contribution in [-0.2, 0) is 16.4 Å². The zero-order valence-corrected chi connectivity index (χ0v) is 12.9. The molecule has 114 valence electrons. The molecular weight excluding hydrogens is 278 g/mol. The van der Waals surface area contributed by atoms with Gasteiger partial charge in [-0.05, 0) is 38.0 Å². The molecule has 1 N–H and O–H groups in total. The minimum atomic E-state index is -3.15. The van der Waals surface area contributed by atoms with Crippen molar-refractivity contribution in [2.75, 3.05) is 12.3 Å². The van der Waals surface area contributed by atoms with Crippen molar-refractivity contribution >= 4 is 10.0 Å². The highest BCUT2D eigenvalue weighted by Gasteiger charge is 2.26. The number of aryl methyl sites for hydroxylation is 2. The van der Waals surface area contributed by atoms with Gasteiger partial charge in [-0.2, -0.15) is 4.98 Å². The van der Waals surface area contributed by atoms with E-state index in [2.05, 4.69) is 21.8 Å². The zero-order chi connectivity index (χ0) is 14.6. The molecule has 2 atom stereocenters. The second-order valence-electron chi connectivity index (χ2n) is 5.80. The summed E-state index contributed by atoms with van der Waals surface area (Å²) in [6, 6.07) is 0. The molecule has 0 spiro atoms. The molecule has 1 fully saturated rings. The van der Waals surface area contributed by atoms with Gasteiger partial charge in [-0.3, -0.25) is 0 Å². The average Bonchev–Trinajstić information content (AvgIpc) is 2.94. The molecule has 2 rings (SSSR count). The molecule has 0 radical (unpaired) electrons. The van der Waals surface area contributed by atoms with Gasteiger partial charge in [0.15, 0.2) is 5.82 Å². The lowest BCUT2D eigenvalue weighted by Crippen LogP contribution is -2.30. The van der Waals surface area contributed by atoms with Crippen LogP contribution in [0.25, 0.3) is 0 Å². The quantitative estimate of drug-likeness (QED) is 0.774. The summed E-state index contributed by atoms with van der Waals surface area (Å²) in [4.78, 5) is 4.08. The number of hydrogen-bond donors (Lipinski definition) is 1. The molecule has 0 aromatic carbocycles. The minimum Gasteiger partial charge on any atom is -0.339 e. The van der Waals surface area contributed by atoms with Gasteiger partial charge in [0.25, 0.3) is 0 Å². The van der Waals surface area contributed by atoms with Crippen molar-refractivity contribution in [2.45, 2.75) is 46.0 Å². The fourth-order valence-electron chi connectivity index (χ4n) is 2.75. The third kappa shape index (κ3) is 4.86. The van der Waals surface area contributed by atoms with Gasteiger partial charge in [0.05, 0.1) is 5.75 Å². The number of rotatable bonds is 7. The lowest BCUT2D eigenvalue weighted by Gasteiger charge is -2.11. The van der Waals surface area contributed by atoms with Gasteiger partial charge in [0.1, 0.15) is 0 Å². The zero-order valence-electron chi connectivity index (χ0n) is 12.1. The highest BCUT2D eigenvalue weighted by Crippen LogP contribution is 2.30. The average molecular weight is 301 g/mol. The highest BCUT2D eigenvalue weighted by atomic mass is 32.2. The molecule has 2 unspecified atom stereocenters. The molecule has 1 aromatic heterocycles. The third-order valence-electron chi connectivity index (χ3n) is 3.72. The van der Waals surface area contributed by atoms with Crippen molar-refractivity contribution in [2.24, 2.45) is 11.8 Å². The maximum Gasteiger partial charge on any atom is 0.226 e. The van der Waals surface area contributed by atoms with Crippen molar-refractivity contribution in [3.8, 4) is 0 Å². The van der Waals surface area contributed by atoms with Crippen LogP contribution >= 0.6 is 0 Å². The van der Waals surface area contributed by atoms with E-state index >= 15 is 0 Å². The third-order valence-corrected chi connectivity index (χ3v) is 5.27. The normalized spacial score (nSPS) is 23.3. The SMILES string of the molecule is Cc1noc(CCCNS(=O)(=O)CC2CCC(C)C2)n1. The van der Waals surface area contributed by atoms with Gasteiger partial charge in [-0.25, -0.2) is 13.1 Å². The Morgan fingerprint density at radius 3 is 2.80 bits per heavy atom. The Balaban J connectivity index is 1.67. The molecule has 0 amide bonds. The first-order chi connectivity index (χ1) is 9.44. The van der Waals surface area contributed by atoms with Crippen LogP contribution in [0.2, 0.25) is 0 Å². The second kappa shape index (κ2) is 6.67. The monoisotopic (exact) mass is 301 g/mol. The Bertz CT molecular complexity index is 527. The van der Waals surface area contributed by atoms with E-state index in [0.717, 1.165) is 19.3 Å². The van der Waals surface area contributed by atoms with Crippen LogP contribution < -0.4 is 4.72 Å². The van der Waals surface area contributed by atoms with Crippen LogP contribution in [0, 0.1) is 18.8 Å². The van der Waals surface area contributed by atoms with Crippen LogP contribution in [0.15, 0.2) is 4.52 Å². The molecule has 0 saturated heterocycles. The summed E-state index contributed by atoms with van der Waals surface area (Å²) in [7, 11) is -3.15. The van der Waals surface area contributed by atoms with E-state index in [4.69, 9.17) is 4.52 Å². The van der Waals surface area contributed by atoms with E-state index in [0.29, 0.717) is 42.9 Å². The van der Waals surface area contributed by atoms with Crippen LogP contribution in [-0.4, -0.2) is 30.9 Å². The van der Waals surface area contributed by atoms with E-state index in [-0.39, 0.29) is 5.75 Å². The first-order valence-electron chi connectivity index (χ1n) is 7.21. The van der Waals surface area contributed by atoms with Gasteiger partial charge >= 0.3 is 0 Å². The van der Waals surface area contributed by atoms with Gasteiger partial charge in [-0.15, -0.1) is 0 Å². The predicted molar refractivity (Wildman–Crippen MR) is 75.7 cm³/mol. The fraction of sp³-hybridized carbons (Fsp3) is 0.846. The minimum absolute atomic E-state index is 0.261. The first-order valence-corrected chi connectivity index (χ1v) is 8.86. The Labute approximate surface area is 120 Å². The van der Waals surface area contributed by atoms with Crippen LogP contribution in [0.1, 0.15) is 44.3 Å². The number of nitrogens with zero attached hydrogens (tertiary/aromatic N) is 2. The summed E-state index contributed by atoms with van der Waals surface area (Å²) in [5.74, 6) is 2.41. The number of nitrogens with one attached hydrogen (secondary N) is 1. The van der Waals surface area contributed by atoms with E-state index in [1.807, 2.05) is 0 Å². The number of sulfonamides is 1. The second-order valence-corrected chi connectivity index (χ2v) is 7.65. The maximum absolute atomic E-state index is 11.9. The molecule has 0 aliphatic heterocycles. The van der Waals surface area contributed by atoms with E-state index in [9.17, 15) is 8.42 Å². The molecule has 1 aliphatic carbocycles. The summed E-state index contributed by atoms with van der Waals surface area (Å²) < 4.78 is 31.5. The largest absolute Gasteiger partial charge is 0.339 e. The molecule has 1 aliphatic rings. The molecule has 7 heteroatoms. The van der Waals surface area contributed by atoms with E-state index in [1.54, 1.807) is 6.92 Å². The molecular formula is C13H23N3O3S. The van der Waals surface area contributed by atoms with E-state index in [1.165, 1.54) is 0 Å². The van der Waals surface area contributed by atoms with Gasteiger partial charge in [-0.1, -0.05) is 18.5 Å². The lowest BCUT2D eigenvalue weighted by molar-refractivity contribution is 0.372.